The monoisotopic (exact) mass is 665 g/mol. The van der Waals surface area contributed by atoms with Gasteiger partial charge in [-0.3, -0.25) is 9.59 Å². The molecule has 0 rings (SSSR count). The van der Waals surface area contributed by atoms with E-state index in [-0.39, 0.29) is 18.5 Å². The molecule has 0 aliphatic carbocycles. The molecule has 280 valence electrons. The van der Waals surface area contributed by atoms with Gasteiger partial charge in [-0.15, -0.1) is 0 Å². The summed E-state index contributed by atoms with van der Waals surface area (Å²) in [7, 11) is 0. The fourth-order valence-corrected chi connectivity index (χ4v) is 6.89. The van der Waals surface area contributed by atoms with Crippen molar-refractivity contribution in [2.45, 2.75) is 264 Å². The average molecular weight is 665 g/mol. The van der Waals surface area contributed by atoms with E-state index in [1.807, 2.05) is 0 Å². The van der Waals surface area contributed by atoms with Crippen LogP contribution >= 0.6 is 0 Å². The van der Waals surface area contributed by atoms with Crippen LogP contribution in [0.25, 0.3) is 0 Å². The number of unbranched alkanes of at least 4 members (excludes halogenated alkanes) is 31. The molecule has 0 fully saturated rings. The number of rotatable bonds is 40. The lowest BCUT2D eigenvalue weighted by Crippen LogP contribution is -2.18. The molecule has 0 radical (unpaired) electrons. The maximum atomic E-state index is 12.6. The van der Waals surface area contributed by atoms with Crippen LogP contribution in [0.15, 0.2) is 0 Å². The van der Waals surface area contributed by atoms with Crippen molar-refractivity contribution in [2.75, 3.05) is 0 Å². The first-order chi connectivity index (χ1) is 23.1. The predicted octanol–water partition coefficient (Wildman–Crippen LogP) is 14.8. The van der Waals surface area contributed by atoms with E-state index in [0.29, 0.717) is 6.42 Å². The van der Waals surface area contributed by atoms with Crippen molar-refractivity contribution in [3.8, 4) is 0 Å². The van der Waals surface area contributed by atoms with Gasteiger partial charge in [0, 0.05) is 12.8 Å². The SMILES string of the molecule is CCCCCCCCCCCCCCCCCCCCCCCCC(=O)OC(CCCCCCCCC)CCCCCCCC(=O)O. The van der Waals surface area contributed by atoms with Crippen LogP contribution in [0.5, 0.6) is 0 Å². The van der Waals surface area contributed by atoms with Crippen LogP contribution in [-0.2, 0) is 14.3 Å². The van der Waals surface area contributed by atoms with E-state index < -0.39 is 5.97 Å². The Morgan fingerprint density at radius 1 is 0.383 bits per heavy atom. The van der Waals surface area contributed by atoms with Crippen molar-refractivity contribution in [1.29, 1.82) is 0 Å². The normalized spacial score (nSPS) is 12.0. The first-order valence-electron chi connectivity index (χ1n) is 21.5. The fraction of sp³-hybridized carbons (Fsp3) is 0.953. The second kappa shape index (κ2) is 39.4. The van der Waals surface area contributed by atoms with Crippen molar-refractivity contribution >= 4 is 11.9 Å². The number of ether oxygens (including phenoxy) is 1. The van der Waals surface area contributed by atoms with Crippen molar-refractivity contribution in [3.63, 3.8) is 0 Å². The molecule has 0 aliphatic rings. The van der Waals surface area contributed by atoms with Gasteiger partial charge in [0.15, 0.2) is 0 Å². The molecule has 0 saturated carbocycles. The third-order valence-electron chi connectivity index (χ3n) is 10.1. The molecule has 1 unspecified atom stereocenters. The molecule has 0 spiro atoms. The van der Waals surface area contributed by atoms with Crippen LogP contribution in [0, 0.1) is 0 Å². The Morgan fingerprint density at radius 2 is 0.638 bits per heavy atom. The highest BCUT2D eigenvalue weighted by molar-refractivity contribution is 5.69. The van der Waals surface area contributed by atoms with Gasteiger partial charge >= 0.3 is 11.9 Å². The second-order valence-electron chi connectivity index (χ2n) is 14.9. The minimum Gasteiger partial charge on any atom is -0.481 e. The minimum atomic E-state index is -0.697. The lowest BCUT2D eigenvalue weighted by Gasteiger charge is -2.18. The van der Waals surface area contributed by atoms with Gasteiger partial charge in [-0.1, -0.05) is 206 Å². The van der Waals surface area contributed by atoms with Crippen LogP contribution in [0.1, 0.15) is 258 Å². The molecule has 0 aliphatic heterocycles. The summed E-state index contributed by atoms with van der Waals surface area (Å²) in [4.78, 5) is 23.3. The number of aliphatic carboxylic acids is 1. The highest BCUT2D eigenvalue weighted by Gasteiger charge is 2.14. The van der Waals surface area contributed by atoms with Gasteiger partial charge in [0.05, 0.1) is 0 Å². The van der Waals surface area contributed by atoms with Gasteiger partial charge in [0.25, 0.3) is 0 Å². The standard InChI is InChI=1S/C43H84O4/c1-3-5-7-9-11-12-13-14-15-16-17-18-19-20-21-22-23-24-25-27-32-36-40-43(46)47-41(37-33-29-26-10-8-6-4-2)38-34-30-28-31-35-39-42(44)45/h41H,3-40H2,1-2H3,(H,44,45). The molecular weight excluding hydrogens is 580 g/mol. The summed E-state index contributed by atoms with van der Waals surface area (Å²) in [6, 6.07) is 0. The molecular formula is C43H84O4. The van der Waals surface area contributed by atoms with E-state index >= 15 is 0 Å². The Kier molecular flexibility index (Phi) is 38.5. The van der Waals surface area contributed by atoms with Gasteiger partial charge in [0.2, 0.25) is 0 Å². The summed E-state index contributed by atoms with van der Waals surface area (Å²) in [5.41, 5.74) is 0. The van der Waals surface area contributed by atoms with Gasteiger partial charge < -0.3 is 9.84 Å². The van der Waals surface area contributed by atoms with Gasteiger partial charge in [-0.05, 0) is 38.5 Å². The quantitative estimate of drug-likeness (QED) is 0.0523. The van der Waals surface area contributed by atoms with Crippen LogP contribution in [0.3, 0.4) is 0 Å². The summed E-state index contributed by atoms with van der Waals surface area (Å²) in [5, 5.41) is 8.80. The summed E-state index contributed by atoms with van der Waals surface area (Å²) >= 11 is 0. The van der Waals surface area contributed by atoms with E-state index in [2.05, 4.69) is 13.8 Å². The van der Waals surface area contributed by atoms with Crippen molar-refractivity contribution in [2.24, 2.45) is 0 Å². The fourth-order valence-electron chi connectivity index (χ4n) is 6.89. The van der Waals surface area contributed by atoms with Gasteiger partial charge in [-0.25, -0.2) is 0 Å². The van der Waals surface area contributed by atoms with E-state index in [0.717, 1.165) is 64.2 Å². The zero-order valence-corrected chi connectivity index (χ0v) is 32.1. The summed E-state index contributed by atoms with van der Waals surface area (Å²) < 4.78 is 5.98. The lowest BCUT2D eigenvalue weighted by atomic mass is 10.0. The number of carboxylic acids is 1. The summed E-state index contributed by atoms with van der Waals surface area (Å²) in [5.74, 6) is -0.690. The van der Waals surface area contributed by atoms with Crippen LogP contribution in [0.4, 0.5) is 0 Å². The number of hydrogen-bond donors (Lipinski definition) is 1. The number of carbonyl (C=O) groups is 2. The maximum absolute atomic E-state index is 12.6. The molecule has 0 aromatic rings. The Bertz CT molecular complexity index is 633. The van der Waals surface area contributed by atoms with Crippen LogP contribution in [0.2, 0.25) is 0 Å². The van der Waals surface area contributed by atoms with E-state index in [1.165, 1.54) is 167 Å². The molecule has 1 atom stereocenters. The number of carbonyl (C=O) groups excluding carboxylic acids is 1. The molecule has 47 heavy (non-hydrogen) atoms. The smallest absolute Gasteiger partial charge is 0.306 e. The number of hydrogen-bond acceptors (Lipinski definition) is 3. The van der Waals surface area contributed by atoms with E-state index in [9.17, 15) is 9.59 Å². The Hall–Kier alpha value is -1.06. The van der Waals surface area contributed by atoms with E-state index in [4.69, 9.17) is 9.84 Å². The average Bonchev–Trinajstić information content (AvgIpc) is 3.05. The number of carboxylic acid groups (broad SMARTS) is 1. The van der Waals surface area contributed by atoms with E-state index in [1.54, 1.807) is 0 Å². The maximum Gasteiger partial charge on any atom is 0.306 e. The molecule has 0 aromatic carbocycles. The van der Waals surface area contributed by atoms with Crippen molar-refractivity contribution < 1.29 is 19.4 Å². The zero-order chi connectivity index (χ0) is 34.3. The first-order valence-corrected chi connectivity index (χ1v) is 21.5. The third kappa shape index (κ3) is 39.3. The molecule has 0 saturated heterocycles. The van der Waals surface area contributed by atoms with Crippen LogP contribution < -0.4 is 0 Å². The largest absolute Gasteiger partial charge is 0.481 e. The molecule has 4 heteroatoms. The Labute approximate surface area is 294 Å². The van der Waals surface area contributed by atoms with Gasteiger partial charge in [0.1, 0.15) is 6.10 Å². The third-order valence-corrected chi connectivity index (χ3v) is 10.1. The lowest BCUT2D eigenvalue weighted by molar-refractivity contribution is -0.150. The molecule has 0 bridgehead atoms. The highest BCUT2D eigenvalue weighted by atomic mass is 16.5. The first kappa shape index (κ1) is 45.9. The molecule has 0 aromatic heterocycles. The minimum absolute atomic E-state index is 0.00701. The van der Waals surface area contributed by atoms with Crippen molar-refractivity contribution in [1.82, 2.24) is 0 Å². The number of esters is 1. The Balaban J connectivity index is 3.71. The molecule has 1 N–H and O–H groups in total. The molecule has 0 amide bonds. The van der Waals surface area contributed by atoms with Crippen LogP contribution in [-0.4, -0.2) is 23.1 Å². The van der Waals surface area contributed by atoms with Gasteiger partial charge in [-0.2, -0.15) is 0 Å². The summed E-state index contributed by atoms with van der Waals surface area (Å²) in [6.45, 7) is 4.55. The molecule has 0 heterocycles. The summed E-state index contributed by atoms with van der Waals surface area (Å²) in [6.07, 6.45) is 47.2. The second-order valence-corrected chi connectivity index (χ2v) is 14.9. The predicted molar refractivity (Wildman–Crippen MR) is 204 cm³/mol. The highest BCUT2D eigenvalue weighted by Crippen LogP contribution is 2.19. The Morgan fingerprint density at radius 3 is 0.936 bits per heavy atom. The zero-order valence-electron chi connectivity index (χ0n) is 32.1. The van der Waals surface area contributed by atoms with Crippen molar-refractivity contribution in [3.05, 3.63) is 0 Å². The topological polar surface area (TPSA) is 63.6 Å². The molecule has 4 nitrogen and oxygen atoms in total.